The lowest BCUT2D eigenvalue weighted by atomic mass is 9.47. The molecule has 3 fully saturated rings. The van der Waals surface area contributed by atoms with Crippen LogP contribution in [-0.2, 0) is 14.3 Å². The number of carbonyl (C=O) groups is 2. The fraction of sp³-hybridized carbons (Fsp3) is 0.826. The minimum atomic E-state index is -0.478. The molecule has 0 aliphatic heterocycles. The fourth-order valence-electron chi connectivity index (χ4n) is 7.71. The Hall–Kier alpha value is -1.16. The molecule has 1 unspecified atom stereocenters. The van der Waals surface area contributed by atoms with Gasteiger partial charge in [0.2, 0.25) is 0 Å². The van der Waals surface area contributed by atoms with Crippen molar-refractivity contribution in [2.45, 2.75) is 84.8 Å². The number of rotatable bonds is 2. The molecule has 4 rings (SSSR count). The number of hydrogen-bond donors (Lipinski definition) is 1. The number of hydrogen-bond acceptors (Lipinski definition) is 4. The molecule has 0 amide bonds. The lowest BCUT2D eigenvalue weighted by Crippen LogP contribution is -2.51. The molecule has 1 N–H and O–H groups in total. The first-order valence-electron chi connectivity index (χ1n) is 10.7. The molecule has 0 spiro atoms. The molecule has 4 heteroatoms. The van der Waals surface area contributed by atoms with Crippen molar-refractivity contribution in [1.29, 1.82) is 0 Å². The normalized spacial score (nSPS) is 48.7. The lowest BCUT2D eigenvalue weighted by Gasteiger charge is -2.57. The summed E-state index contributed by atoms with van der Waals surface area (Å²) in [4.78, 5) is 23.6. The molecule has 0 radical (unpaired) electrons. The van der Waals surface area contributed by atoms with Crippen molar-refractivity contribution < 1.29 is 19.4 Å². The summed E-state index contributed by atoms with van der Waals surface area (Å²) in [5.41, 5.74) is 1.61. The van der Waals surface area contributed by atoms with Gasteiger partial charge in [-0.2, -0.15) is 0 Å². The average molecular weight is 375 g/mol. The summed E-state index contributed by atoms with van der Waals surface area (Å²) in [5, 5.41) is 10.7. The maximum atomic E-state index is 12.3. The number of esters is 1. The molecule has 3 saturated carbocycles. The van der Waals surface area contributed by atoms with E-state index < -0.39 is 6.10 Å². The summed E-state index contributed by atoms with van der Waals surface area (Å²) >= 11 is 0. The second kappa shape index (κ2) is 6.43. The van der Waals surface area contributed by atoms with Crippen molar-refractivity contribution >= 4 is 11.8 Å². The van der Waals surface area contributed by atoms with Gasteiger partial charge in [-0.3, -0.25) is 9.59 Å². The summed E-state index contributed by atoms with van der Waals surface area (Å²) in [6.45, 7) is 7.83. The number of aliphatic hydroxyl groups excluding tert-OH is 1. The van der Waals surface area contributed by atoms with Gasteiger partial charge in [-0.15, -0.1) is 0 Å². The molecule has 0 aromatic rings. The van der Waals surface area contributed by atoms with Crippen LogP contribution in [-0.4, -0.2) is 29.1 Å². The van der Waals surface area contributed by atoms with Crippen LogP contribution in [0, 0.1) is 34.5 Å². The van der Waals surface area contributed by atoms with Crippen LogP contribution in [0.1, 0.15) is 72.6 Å². The van der Waals surface area contributed by atoms with E-state index >= 15 is 0 Å². The maximum Gasteiger partial charge on any atom is 0.302 e. The predicted octanol–water partition coefficient (Wildman–Crippen LogP) is 4.06. The molecule has 0 aromatic heterocycles. The number of allylic oxidation sites excluding steroid dienone is 1. The summed E-state index contributed by atoms with van der Waals surface area (Å²) in [7, 11) is 0. The highest BCUT2D eigenvalue weighted by Gasteiger charge is 2.61. The topological polar surface area (TPSA) is 63.6 Å². The van der Waals surface area contributed by atoms with E-state index in [1.165, 1.54) is 12.5 Å². The summed E-state index contributed by atoms with van der Waals surface area (Å²) in [5.74, 6) is 1.39. The largest absolute Gasteiger partial charge is 0.462 e. The van der Waals surface area contributed by atoms with Gasteiger partial charge in [-0.1, -0.05) is 25.5 Å². The Morgan fingerprint density at radius 3 is 2.56 bits per heavy atom. The van der Waals surface area contributed by atoms with Crippen molar-refractivity contribution in [3.63, 3.8) is 0 Å². The molecule has 0 bridgehead atoms. The van der Waals surface area contributed by atoms with Gasteiger partial charge < -0.3 is 9.84 Å². The van der Waals surface area contributed by atoms with Gasteiger partial charge in [0.1, 0.15) is 11.9 Å². The number of fused-ring (bicyclic) bond motifs is 5. The maximum absolute atomic E-state index is 12.3. The van der Waals surface area contributed by atoms with Gasteiger partial charge in [0.05, 0.1) is 6.10 Å². The Morgan fingerprint density at radius 1 is 1.15 bits per heavy atom. The standard InChI is InChI=1S/C23H34O4/c1-13(24)21-20(26)12-19-17-6-5-15-11-16(27-14(2)25)7-9-22(15,3)18(17)8-10-23(19,21)4/h5,16-21,26H,6-12H2,1-4H3/t16-,17+,18-,19?,20-,21-,22-,23-/m1/s1. The van der Waals surface area contributed by atoms with Crippen molar-refractivity contribution in [2.75, 3.05) is 0 Å². The lowest BCUT2D eigenvalue weighted by molar-refractivity contribution is -0.149. The highest BCUT2D eigenvalue weighted by atomic mass is 16.5. The zero-order valence-corrected chi connectivity index (χ0v) is 17.2. The average Bonchev–Trinajstić information content (AvgIpc) is 2.85. The van der Waals surface area contributed by atoms with Gasteiger partial charge >= 0.3 is 5.97 Å². The molecular formula is C23H34O4. The minimum absolute atomic E-state index is 0.0302. The second-order valence-electron chi connectivity index (χ2n) is 10.2. The van der Waals surface area contributed by atoms with Crippen LogP contribution in [0.5, 0.6) is 0 Å². The monoisotopic (exact) mass is 374 g/mol. The number of ketones is 1. The predicted molar refractivity (Wildman–Crippen MR) is 103 cm³/mol. The third kappa shape index (κ3) is 2.82. The smallest absolute Gasteiger partial charge is 0.302 e. The van der Waals surface area contributed by atoms with Crippen molar-refractivity contribution in [1.82, 2.24) is 0 Å². The first-order chi connectivity index (χ1) is 12.7. The molecule has 8 atom stereocenters. The van der Waals surface area contributed by atoms with E-state index in [4.69, 9.17) is 4.74 Å². The number of ether oxygens (including phenoxy) is 1. The minimum Gasteiger partial charge on any atom is -0.462 e. The molecule has 4 aliphatic rings. The molecule has 0 aromatic carbocycles. The Morgan fingerprint density at radius 2 is 1.89 bits per heavy atom. The fourth-order valence-corrected chi connectivity index (χ4v) is 7.71. The Balaban J connectivity index is 1.61. The number of aliphatic hydroxyl groups is 1. The van der Waals surface area contributed by atoms with Crippen molar-refractivity contribution in [3.8, 4) is 0 Å². The van der Waals surface area contributed by atoms with Gasteiger partial charge in [0, 0.05) is 19.3 Å². The summed E-state index contributed by atoms with van der Waals surface area (Å²) in [6.07, 6.45) is 8.85. The quantitative estimate of drug-likeness (QED) is 0.585. The van der Waals surface area contributed by atoms with E-state index in [1.54, 1.807) is 6.92 Å². The van der Waals surface area contributed by atoms with Crippen LogP contribution in [0.2, 0.25) is 0 Å². The van der Waals surface area contributed by atoms with Crippen LogP contribution < -0.4 is 0 Å². The van der Waals surface area contributed by atoms with Gasteiger partial charge in [-0.25, -0.2) is 0 Å². The van der Waals surface area contributed by atoms with E-state index in [-0.39, 0.29) is 34.6 Å². The highest BCUT2D eigenvalue weighted by molar-refractivity contribution is 5.80. The van der Waals surface area contributed by atoms with E-state index in [1.807, 2.05) is 0 Å². The van der Waals surface area contributed by atoms with Crippen LogP contribution in [0.3, 0.4) is 0 Å². The van der Waals surface area contributed by atoms with Crippen LogP contribution in [0.15, 0.2) is 11.6 Å². The first-order valence-corrected chi connectivity index (χ1v) is 10.7. The molecule has 0 saturated heterocycles. The van der Waals surface area contributed by atoms with Crippen LogP contribution in [0.4, 0.5) is 0 Å². The summed E-state index contributed by atoms with van der Waals surface area (Å²) in [6, 6.07) is 0. The van der Waals surface area contributed by atoms with E-state index in [9.17, 15) is 14.7 Å². The molecule has 150 valence electrons. The number of carbonyl (C=O) groups excluding carboxylic acids is 2. The third-order valence-corrected chi connectivity index (χ3v) is 8.86. The SMILES string of the molecule is CC(=O)O[C@@H]1CC[C@]2(C)C(=CC[C@@H]3C4C[C@@H](O)[C@@H](C(C)=O)[C@]4(C)CC[C@H]32)C1. The molecule has 4 nitrogen and oxygen atoms in total. The van der Waals surface area contributed by atoms with Crippen molar-refractivity contribution in [2.24, 2.45) is 34.5 Å². The zero-order valence-electron chi connectivity index (χ0n) is 17.2. The van der Waals surface area contributed by atoms with Crippen LogP contribution >= 0.6 is 0 Å². The third-order valence-electron chi connectivity index (χ3n) is 8.86. The molecule has 0 heterocycles. The molecule has 4 aliphatic carbocycles. The van der Waals surface area contributed by atoms with Gasteiger partial charge in [0.25, 0.3) is 0 Å². The number of Topliss-reactive ketones (excluding diaryl/α,β-unsaturated/α-hetero) is 1. The van der Waals surface area contributed by atoms with E-state index in [2.05, 4.69) is 19.9 Å². The van der Waals surface area contributed by atoms with Crippen LogP contribution in [0.25, 0.3) is 0 Å². The van der Waals surface area contributed by atoms with Gasteiger partial charge in [0.15, 0.2) is 0 Å². The van der Waals surface area contributed by atoms with Crippen molar-refractivity contribution in [3.05, 3.63) is 11.6 Å². The van der Waals surface area contributed by atoms with Gasteiger partial charge in [-0.05, 0) is 74.0 Å². The second-order valence-corrected chi connectivity index (χ2v) is 10.2. The van der Waals surface area contributed by atoms with E-state index in [0.29, 0.717) is 17.8 Å². The Labute approximate surface area is 162 Å². The zero-order chi connectivity index (χ0) is 19.6. The molecule has 27 heavy (non-hydrogen) atoms. The Bertz CT molecular complexity index is 682. The molecular weight excluding hydrogens is 340 g/mol. The summed E-state index contributed by atoms with van der Waals surface area (Å²) < 4.78 is 5.51. The first kappa shape index (κ1) is 19.2. The highest BCUT2D eigenvalue weighted by Crippen LogP contribution is 2.66. The van der Waals surface area contributed by atoms with E-state index in [0.717, 1.165) is 44.9 Å². The Kier molecular flexibility index (Phi) is 4.57.